The van der Waals surface area contributed by atoms with E-state index in [4.69, 9.17) is 9.47 Å². The summed E-state index contributed by atoms with van der Waals surface area (Å²) in [5.41, 5.74) is 1.24. The SMILES string of the molecule is CC1CC(OC(CBr)c2ccccc2)CC(C)O1. The van der Waals surface area contributed by atoms with E-state index in [0.29, 0.717) is 18.3 Å². The lowest BCUT2D eigenvalue weighted by molar-refractivity contribution is -0.118. The Kier molecular flexibility index (Phi) is 5.22. The van der Waals surface area contributed by atoms with Crippen molar-refractivity contribution in [2.75, 3.05) is 5.33 Å². The molecule has 0 aliphatic carbocycles. The quantitative estimate of drug-likeness (QED) is 0.779. The van der Waals surface area contributed by atoms with Crippen molar-refractivity contribution in [3.05, 3.63) is 35.9 Å². The van der Waals surface area contributed by atoms with Gasteiger partial charge in [0.25, 0.3) is 0 Å². The summed E-state index contributed by atoms with van der Waals surface area (Å²) in [5, 5.41) is 0.830. The van der Waals surface area contributed by atoms with Crippen LogP contribution in [0.15, 0.2) is 30.3 Å². The van der Waals surface area contributed by atoms with E-state index in [1.807, 2.05) is 6.07 Å². The van der Waals surface area contributed by atoms with E-state index in [9.17, 15) is 0 Å². The van der Waals surface area contributed by atoms with Crippen molar-refractivity contribution in [1.82, 2.24) is 0 Å². The second-order valence-corrected chi connectivity index (χ2v) is 5.69. The summed E-state index contributed by atoms with van der Waals surface area (Å²) < 4.78 is 12.0. The van der Waals surface area contributed by atoms with E-state index in [-0.39, 0.29) is 6.10 Å². The maximum atomic E-state index is 6.24. The van der Waals surface area contributed by atoms with Crippen LogP contribution in [0, 0.1) is 0 Å². The minimum absolute atomic E-state index is 0.133. The molecule has 3 unspecified atom stereocenters. The fourth-order valence-corrected chi connectivity index (χ4v) is 3.09. The van der Waals surface area contributed by atoms with Crippen LogP contribution in [0.25, 0.3) is 0 Å². The van der Waals surface area contributed by atoms with Gasteiger partial charge in [-0.1, -0.05) is 46.3 Å². The van der Waals surface area contributed by atoms with E-state index >= 15 is 0 Å². The summed E-state index contributed by atoms with van der Waals surface area (Å²) >= 11 is 3.55. The van der Waals surface area contributed by atoms with E-state index in [0.717, 1.165) is 18.2 Å². The van der Waals surface area contributed by atoms with Crippen LogP contribution >= 0.6 is 15.9 Å². The highest BCUT2D eigenvalue weighted by molar-refractivity contribution is 9.09. The third kappa shape index (κ3) is 3.81. The van der Waals surface area contributed by atoms with Gasteiger partial charge in [-0.05, 0) is 32.3 Å². The number of hydrogen-bond acceptors (Lipinski definition) is 2. The smallest absolute Gasteiger partial charge is 0.0925 e. The zero-order valence-corrected chi connectivity index (χ0v) is 12.6. The van der Waals surface area contributed by atoms with Crippen molar-refractivity contribution in [1.29, 1.82) is 0 Å². The van der Waals surface area contributed by atoms with Gasteiger partial charge in [-0.2, -0.15) is 0 Å². The second kappa shape index (κ2) is 6.69. The molecule has 0 bridgehead atoms. The Morgan fingerprint density at radius 2 is 1.83 bits per heavy atom. The Labute approximate surface area is 118 Å². The van der Waals surface area contributed by atoms with E-state index in [1.54, 1.807) is 0 Å². The van der Waals surface area contributed by atoms with Gasteiger partial charge in [-0.15, -0.1) is 0 Å². The average molecular weight is 313 g/mol. The van der Waals surface area contributed by atoms with Crippen LogP contribution in [-0.2, 0) is 9.47 Å². The van der Waals surface area contributed by atoms with Gasteiger partial charge in [0.15, 0.2) is 0 Å². The highest BCUT2D eigenvalue weighted by atomic mass is 79.9. The molecule has 1 aliphatic rings. The first kappa shape index (κ1) is 14.0. The van der Waals surface area contributed by atoms with Gasteiger partial charge < -0.3 is 9.47 Å². The molecule has 1 fully saturated rings. The molecule has 100 valence electrons. The number of rotatable bonds is 4. The van der Waals surface area contributed by atoms with Crippen LogP contribution in [-0.4, -0.2) is 23.6 Å². The maximum Gasteiger partial charge on any atom is 0.0925 e. The summed E-state index contributed by atoms with van der Waals surface area (Å²) in [5.74, 6) is 0. The minimum Gasteiger partial charge on any atom is -0.375 e. The molecule has 1 aromatic rings. The highest BCUT2D eigenvalue weighted by Crippen LogP contribution is 2.28. The number of alkyl halides is 1. The zero-order valence-electron chi connectivity index (χ0n) is 11.0. The fourth-order valence-electron chi connectivity index (χ4n) is 2.56. The predicted octanol–water partition coefficient (Wildman–Crippen LogP) is 4.10. The number of hydrogen-bond donors (Lipinski definition) is 0. The van der Waals surface area contributed by atoms with Gasteiger partial charge in [0.05, 0.1) is 24.4 Å². The Morgan fingerprint density at radius 1 is 1.22 bits per heavy atom. The molecule has 1 saturated heterocycles. The molecule has 0 N–H and O–H groups in total. The van der Waals surface area contributed by atoms with E-state index < -0.39 is 0 Å². The third-order valence-electron chi connectivity index (χ3n) is 3.32. The summed E-state index contributed by atoms with van der Waals surface area (Å²) in [7, 11) is 0. The van der Waals surface area contributed by atoms with E-state index in [1.165, 1.54) is 5.56 Å². The first-order valence-electron chi connectivity index (χ1n) is 6.61. The first-order valence-corrected chi connectivity index (χ1v) is 7.73. The molecule has 2 rings (SSSR count). The molecule has 0 saturated carbocycles. The lowest BCUT2D eigenvalue weighted by atomic mass is 10.0. The topological polar surface area (TPSA) is 18.5 Å². The van der Waals surface area contributed by atoms with Crippen LogP contribution in [0.2, 0.25) is 0 Å². The highest BCUT2D eigenvalue weighted by Gasteiger charge is 2.27. The van der Waals surface area contributed by atoms with E-state index in [2.05, 4.69) is 54.0 Å². The lowest BCUT2D eigenvalue weighted by Crippen LogP contribution is -2.35. The Morgan fingerprint density at radius 3 is 2.39 bits per heavy atom. The molecule has 2 nitrogen and oxygen atoms in total. The van der Waals surface area contributed by atoms with Gasteiger partial charge >= 0.3 is 0 Å². The van der Waals surface area contributed by atoms with Crippen molar-refractivity contribution in [3.8, 4) is 0 Å². The van der Waals surface area contributed by atoms with Gasteiger partial charge in [0.1, 0.15) is 0 Å². The molecule has 3 heteroatoms. The molecule has 0 spiro atoms. The van der Waals surface area contributed by atoms with Gasteiger partial charge in [-0.25, -0.2) is 0 Å². The molecule has 1 aromatic carbocycles. The normalized spacial score (nSPS) is 30.1. The molecule has 18 heavy (non-hydrogen) atoms. The molecule has 1 heterocycles. The zero-order chi connectivity index (χ0) is 13.0. The van der Waals surface area contributed by atoms with Gasteiger partial charge in [-0.3, -0.25) is 0 Å². The lowest BCUT2D eigenvalue weighted by Gasteiger charge is -2.34. The van der Waals surface area contributed by atoms with Crippen LogP contribution < -0.4 is 0 Å². The summed E-state index contributed by atoms with van der Waals surface area (Å²) in [6.45, 7) is 4.25. The number of ether oxygens (including phenoxy) is 2. The molecular weight excluding hydrogens is 292 g/mol. The van der Waals surface area contributed by atoms with Crippen molar-refractivity contribution < 1.29 is 9.47 Å². The Hall–Kier alpha value is -0.380. The van der Waals surface area contributed by atoms with Crippen molar-refractivity contribution in [2.45, 2.75) is 51.1 Å². The molecule has 0 radical (unpaired) electrons. The van der Waals surface area contributed by atoms with Crippen LogP contribution in [0.3, 0.4) is 0 Å². The summed E-state index contributed by atoms with van der Waals surface area (Å²) in [6, 6.07) is 10.4. The summed E-state index contributed by atoms with van der Waals surface area (Å²) in [6.07, 6.45) is 3.00. The fraction of sp³-hybridized carbons (Fsp3) is 0.600. The van der Waals surface area contributed by atoms with Crippen molar-refractivity contribution >= 4 is 15.9 Å². The van der Waals surface area contributed by atoms with Crippen LogP contribution in [0.1, 0.15) is 38.4 Å². The van der Waals surface area contributed by atoms with Gasteiger partial charge in [0, 0.05) is 5.33 Å². The molecule has 3 atom stereocenters. The molecule has 1 aliphatic heterocycles. The van der Waals surface area contributed by atoms with Crippen molar-refractivity contribution in [3.63, 3.8) is 0 Å². The largest absolute Gasteiger partial charge is 0.375 e. The van der Waals surface area contributed by atoms with Crippen molar-refractivity contribution in [2.24, 2.45) is 0 Å². The Balaban J connectivity index is 1.98. The molecule has 0 aromatic heterocycles. The number of benzene rings is 1. The van der Waals surface area contributed by atoms with Crippen LogP contribution in [0.5, 0.6) is 0 Å². The molecule has 0 amide bonds. The monoisotopic (exact) mass is 312 g/mol. The standard InChI is InChI=1S/C15H21BrO2/c1-11-8-14(9-12(2)17-11)18-15(10-16)13-6-4-3-5-7-13/h3-7,11-12,14-15H,8-10H2,1-2H3. The molecular formula is C15H21BrO2. The van der Waals surface area contributed by atoms with Gasteiger partial charge in [0.2, 0.25) is 0 Å². The second-order valence-electron chi connectivity index (χ2n) is 5.04. The average Bonchev–Trinajstić information content (AvgIpc) is 2.36. The Bertz CT molecular complexity index is 345. The first-order chi connectivity index (χ1) is 8.69. The third-order valence-corrected chi connectivity index (χ3v) is 3.91. The van der Waals surface area contributed by atoms with Crippen LogP contribution in [0.4, 0.5) is 0 Å². The predicted molar refractivity (Wildman–Crippen MR) is 77.1 cm³/mol. The number of halogens is 1. The summed E-state index contributed by atoms with van der Waals surface area (Å²) in [4.78, 5) is 0. The maximum absolute atomic E-state index is 6.24. The minimum atomic E-state index is 0.133.